The molecule has 0 aromatic heterocycles. The molecular weight excluding hydrogens is 432 g/mol. The molecule has 1 saturated carbocycles. The predicted molar refractivity (Wildman–Crippen MR) is 136 cm³/mol. The van der Waals surface area contributed by atoms with Gasteiger partial charge in [0, 0.05) is 30.4 Å². The highest BCUT2D eigenvalue weighted by atomic mass is 32.2. The fraction of sp³-hybridized carbons (Fsp3) is 0.519. The van der Waals surface area contributed by atoms with E-state index in [0.29, 0.717) is 12.5 Å². The van der Waals surface area contributed by atoms with Crippen molar-refractivity contribution < 1.29 is 14.3 Å². The topological polar surface area (TPSA) is 50.8 Å². The maximum Gasteiger partial charge on any atom is 0.228 e. The second-order valence-corrected chi connectivity index (χ2v) is 10.2. The predicted octanol–water partition coefficient (Wildman–Crippen LogP) is 5.31. The molecule has 2 atom stereocenters. The maximum absolute atomic E-state index is 13.0. The van der Waals surface area contributed by atoms with Gasteiger partial charge in [0.25, 0.3) is 0 Å². The van der Waals surface area contributed by atoms with E-state index in [2.05, 4.69) is 35.6 Å². The Hall–Kier alpha value is -2.18. The molecule has 1 aliphatic carbocycles. The fourth-order valence-corrected chi connectivity index (χ4v) is 6.03. The van der Waals surface area contributed by atoms with Crippen LogP contribution in [0.2, 0.25) is 0 Å². The van der Waals surface area contributed by atoms with Crippen molar-refractivity contribution in [2.24, 2.45) is 5.92 Å². The number of carbonyl (C=O) groups is 1. The van der Waals surface area contributed by atoms with Gasteiger partial charge >= 0.3 is 0 Å². The summed E-state index contributed by atoms with van der Waals surface area (Å²) in [5.74, 6) is 3.63. The van der Waals surface area contributed by atoms with E-state index in [0.717, 1.165) is 54.8 Å². The number of nitrogens with one attached hydrogen (secondary N) is 1. The molecule has 2 aromatic carbocycles. The third-order valence-corrected chi connectivity index (χ3v) is 7.99. The zero-order valence-electron chi connectivity index (χ0n) is 19.8. The Morgan fingerprint density at radius 3 is 2.82 bits per heavy atom. The van der Waals surface area contributed by atoms with Crippen molar-refractivity contribution >= 4 is 23.4 Å². The van der Waals surface area contributed by atoms with E-state index in [1.54, 1.807) is 14.2 Å². The van der Waals surface area contributed by atoms with E-state index in [1.165, 1.54) is 36.1 Å². The molecular formula is C27H36N2O3S. The molecule has 178 valence electrons. The van der Waals surface area contributed by atoms with Crippen LogP contribution in [0.15, 0.2) is 47.4 Å². The number of hydrogen-bond acceptors (Lipinski definition) is 5. The molecule has 1 heterocycles. The number of thioether (sulfide) groups is 1. The summed E-state index contributed by atoms with van der Waals surface area (Å²) in [7, 11) is 3.35. The van der Waals surface area contributed by atoms with Crippen molar-refractivity contribution in [2.45, 2.75) is 55.9 Å². The second-order valence-electron chi connectivity index (χ2n) is 9.02. The number of anilines is 1. The molecule has 1 aliphatic heterocycles. The zero-order chi connectivity index (χ0) is 23.0. The van der Waals surface area contributed by atoms with Crippen LogP contribution in [0.3, 0.4) is 0 Å². The first-order chi connectivity index (χ1) is 16.2. The Balaban J connectivity index is 1.20. The molecule has 4 rings (SSSR count). The quantitative estimate of drug-likeness (QED) is 0.540. The minimum absolute atomic E-state index is 0.237. The average Bonchev–Trinajstić information content (AvgIpc) is 3.19. The largest absolute Gasteiger partial charge is 0.493 e. The van der Waals surface area contributed by atoms with Crippen LogP contribution in [0.4, 0.5) is 5.69 Å². The van der Waals surface area contributed by atoms with E-state index in [4.69, 9.17) is 9.47 Å². The Morgan fingerprint density at radius 1 is 1.12 bits per heavy atom. The molecule has 1 fully saturated rings. The summed E-state index contributed by atoms with van der Waals surface area (Å²) in [5.41, 5.74) is 2.38. The number of ether oxygens (including phenoxy) is 2. The van der Waals surface area contributed by atoms with Gasteiger partial charge < -0.3 is 19.7 Å². The molecule has 5 nitrogen and oxygen atoms in total. The highest BCUT2D eigenvalue weighted by molar-refractivity contribution is 7.99. The Morgan fingerprint density at radius 2 is 1.97 bits per heavy atom. The highest BCUT2D eigenvalue weighted by Gasteiger charge is 2.25. The summed E-state index contributed by atoms with van der Waals surface area (Å²) in [4.78, 5) is 16.2. The number of benzene rings is 2. The van der Waals surface area contributed by atoms with Crippen molar-refractivity contribution in [1.82, 2.24) is 5.32 Å². The van der Waals surface area contributed by atoms with Gasteiger partial charge in [-0.25, -0.2) is 0 Å². The first-order valence-corrected chi connectivity index (χ1v) is 13.1. The van der Waals surface area contributed by atoms with Gasteiger partial charge in [0.05, 0.1) is 19.9 Å². The molecule has 0 bridgehead atoms. The number of para-hydroxylation sites is 1. The number of aryl methyl sites for hydroxylation is 1. The van der Waals surface area contributed by atoms with Gasteiger partial charge in [0.15, 0.2) is 11.5 Å². The van der Waals surface area contributed by atoms with Crippen LogP contribution < -0.4 is 19.7 Å². The van der Waals surface area contributed by atoms with Crippen LogP contribution in [0, 0.1) is 5.92 Å². The van der Waals surface area contributed by atoms with Gasteiger partial charge in [-0.3, -0.25) is 4.79 Å². The average molecular weight is 469 g/mol. The molecule has 0 saturated heterocycles. The van der Waals surface area contributed by atoms with Crippen molar-refractivity contribution in [1.29, 1.82) is 0 Å². The maximum atomic E-state index is 13.0. The third-order valence-electron chi connectivity index (χ3n) is 6.84. The number of hydrogen-bond donors (Lipinski definition) is 1. The van der Waals surface area contributed by atoms with E-state index in [1.807, 2.05) is 28.8 Å². The number of nitrogens with zero attached hydrogens (tertiary/aromatic N) is 1. The number of rotatable bonds is 9. The number of carbonyl (C=O) groups excluding carboxylic acids is 1. The molecule has 0 radical (unpaired) electrons. The van der Waals surface area contributed by atoms with Crippen LogP contribution in [0.25, 0.3) is 0 Å². The van der Waals surface area contributed by atoms with Gasteiger partial charge in [-0.2, -0.15) is 0 Å². The summed E-state index contributed by atoms with van der Waals surface area (Å²) >= 11 is 1.86. The van der Waals surface area contributed by atoms with Gasteiger partial charge in [-0.05, 0) is 80.0 Å². The summed E-state index contributed by atoms with van der Waals surface area (Å²) in [6.45, 7) is 1.59. The lowest BCUT2D eigenvalue weighted by molar-refractivity contribution is -0.118. The summed E-state index contributed by atoms with van der Waals surface area (Å²) < 4.78 is 10.8. The van der Waals surface area contributed by atoms with Crippen molar-refractivity contribution in [3.8, 4) is 11.5 Å². The van der Waals surface area contributed by atoms with Crippen molar-refractivity contribution in [2.75, 3.05) is 38.0 Å². The minimum Gasteiger partial charge on any atom is -0.493 e. The SMILES string of the molecule is COc1ccc(CCC2CCC(NCCC(=O)N3CCCSc4ccccc43)C2)cc1OC. The smallest absolute Gasteiger partial charge is 0.228 e. The van der Waals surface area contributed by atoms with Crippen LogP contribution in [-0.4, -0.2) is 45.0 Å². The lowest BCUT2D eigenvalue weighted by Gasteiger charge is -2.23. The van der Waals surface area contributed by atoms with E-state index >= 15 is 0 Å². The van der Waals surface area contributed by atoms with Crippen molar-refractivity contribution in [3.05, 3.63) is 48.0 Å². The standard InChI is InChI=1S/C27H36N2O3S/c1-31-24-13-11-21(19-25(24)32-2)9-8-20-10-12-22(18-20)28-15-14-27(30)29-16-5-17-33-26-7-4-3-6-23(26)29/h3-4,6-7,11,13,19-20,22,28H,5,8-10,12,14-18H2,1-2H3. The zero-order valence-corrected chi connectivity index (χ0v) is 20.7. The fourth-order valence-electron chi connectivity index (χ4n) is 5.03. The monoisotopic (exact) mass is 468 g/mol. The third kappa shape index (κ3) is 6.24. The van der Waals surface area contributed by atoms with Crippen LogP contribution in [-0.2, 0) is 11.2 Å². The number of methoxy groups -OCH3 is 2. The Bertz CT molecular complexity index is 935. The molecule has 6 heteroatoms. The van der Waals surface area contributed by atoms with E-state index in [9.17, 15) is 4.79 Å². The molecule has 2 aliphatic rings. The van der Waals surface area contributed by atoms with Gasteiger partial charge in [0.1, 0.15) is 0 Å². The van der Waals surface area contributed by atoms with Crippen LogP contribution in [0.5, 0.6) is 11.5 Å². The first kappa shape index (κ1) is 24.0. The summed E-state index contributed by atoms with van der Waals surface area (Å²) in [6.07, 6.45) is 7.51. The van der Waals surface area contributed by atoms with Gasteiger partial charge in [0.2, 0.25) is 5.91 Å². The highest BCUT2D eigenvalue weighted by Crippen LogP contribution is 2.34. The van der Waals surface area contributed by atoms with E-state index in [-0.39, 0.29) is 5.91 Å². The van der Waals surface area contributed by atoms with E-state index < -0.39 is 0 Å². The molecule has 1 amide bonds. The molecule has 1 N–H and O–H groups in total. The Kier molecular flexibility index (Phi) is 8.57. The Labute approximate surface area is 202 Å². The first-order valence-electron chi connectivity index (χ1n) is 12.1. The van der Waals surface area contributed by atoms with Crippen molar-refractivity contribution in [3.63, 3.8) is 0 Å². The van der Waals surface area contributed by atoms with Crippen LogP contribution >= 0.6 is 11.8 Å². The minimum atomic E-state index is 0.237. The lowest BCUT2D eigenvalue weighted by Crippen LogP contribution is -2.36. The molecule has 2 unspecified atom stereocenters. The number of fused-ring (bicyclic) bond motifs is 1. The molecule has 0 spiro atoms. The summed E-state index contributed by atoms with van der Waals surface area (Å²) in [5, 5.41) is 3.66. The normalized spacial score (nSPS) is 20.2. The lowest BCUT2D eigenvalue weighted by atomic mass is 9.97. The van der Waals surface area contributed by atoms with Crippen LogP contribution in [0.1, 0.15) is 44.1 Å². The van der Waals surface area contributed by atoms with Gasteiger partial charge in [-0.1, -0.05) is 18.2 Å². The summed E-state index contributed by atoms with van der Waals surface area (Å²) in [6, 6.07) is 15.0. The second kappa shape index (κ2) is 11.8. The molecule has 33 heavy (non-hydrogen) atoms. The van der Waals surface area contributed by atoms with Gasteiger partial charge in [-0.15, -0.1) is 11.8 Å². The number of amides is 1. The molecule has 2 aromatic rings.